The molecule has 0 aliphatic carbocycles. The third-order valence-electron chi connectivity index (χ3n) is 1.89. The molecule has 0 radical (unpaired) electrons. The zero-order valence-corrected chi connectivity index (χ0v) is 9.34. The molecule has 0 aromatic carbocycles. The van der Waals surface area contributed by atoms with Crippen LogP contribution in [-0.4, -0.2) is 24.9 Å². The van der Waals surface area contributed by atoms with Crippen LogP contribution in [-0.2, 0) is 9.59 Å². The number of carbonyl (C=O) groups excluding carboxylic acids is 2. The van der Waals surface area contributed by atoms with Crippen molar-refractivity contribution in [1.29, 1.82) is 0 Å². The lowest BCUT2D eigenvalue weighted by Gasteiger charge is -2.04. The minimum atomic E-state index is -0.148. The van der Waals surface area contributed by atoms with Crippen LogP contribution in [0.2, 0.25) is 0 Å². The molecule has 0 aliphatic rings. The Morgan fingerprint density at radius 2 is 1.80 bits per heavy atom. The van der Waals surface area contributed by atoms with E-state index < -0.39 is 0 Å². The minimum Gasteiger partial charge on any atom is -0.356 e. The Labute approximate surface area is 91.1 Å². The van der Waals surface area contributed by atoms with Crippen molar-refractivity contribution in [2.75, 3.05) is 13.1 Å². The highest BCUT2D eigenvalue weighted by Crippen LogP contribution is 1.88. The second-order valence-corrected chi connectivity index (χ2v) is 3.30. The molecule has 0 aromatic heterocycles. The summed E-state index contributed by atoms with van der Waals surface area (Å²) in [6.07, 6.45) is 4.47. The van der Waals surface area contributed by atoms with E-state index >= 15 is 0 Å². The molecule has 0 heterocycles. The van der Waals surface area contributed by atoms with Gasteiger partial charge in [0.05, 0.1) is 0 Å². The van der Waals surface area contributed by atoms with E-state index in [0.29, 0.717) is 19.5 Å². The first-order valence-corrected chi connectivity index (χ1v) is 5.37. The first-order valence-electron chi connectivity index (χ1n) is 5.37. The third kappa shape index (κ3) is 9.00. The fourth-order valence-electron chi connectivity index (χ4n) is 1.08. The summed E-state index contributed by atoms with van der Waals surface area (Å²) in [4.78, 5) is 21.8. The second kappa shape index (κ2) is 9.24. The van der Waals surface area contributed by atoms with Crippen molar-refractivity contribution in [2.45, 2.75) is 32.6 Å². The Morgan fingerprint density at radius 3 is 2.33 bits per heavy atom. The average molecular weight is 212 g/mol. The molecule has 0 aromatic rings. The van der Waals surface area contributed by atoms with E-state index in [2.05, 4.69) is 17.2 Å². The van der Waals surface area contributed by atoms with E-state index in [1.165, 1.54) is 6.08 Å². The van der Waals surface area contributed by atoms with Crippen molar-refractivity contribution >= 4 is 11.8 Å². The summed E-state index contributed by atoms with van der Waals surface area (Å²) in [7, 11) is 0. The molecular weight excluding hydrogens is 192 g/mol. The fourth-order valence-corrected chi connectivity index (χ4v) is 1.08. The molecule has 15 heavy (non-hydrogen) atoms. The van der Waals surface area contributed by atoms with Crippen molar-refractivity contribution in [3.8, 4) is 0 Å². The van der Waals surface area contributed by atoms with Crippen molar-refractivity contribution in [3.63, 3.8) is 0 Å². The van der Waals surface area contributed by atoms with Gasteiger partial charge in [-0.3, -0.25) is 9.59 Å². The SMILES string of the molecule is C=CC(=O)NCCCCNC(=O)CCC. The van der Waals surface area contributed by atoms with Crippen molar-refractivity contribution in [1.82, 2.24) is 10.6 Å². The smallest absolute Gasteiger partial charge is 0.243 e. The monoisotopic (exact) mass is 212 g/mol. The Morgan fingerprint density at radius 1 is 1.20 bits per heavy atom. The zero-order valence-electron chi connectivity index (χ0n) is 9.34. The number of amides is 2. The van der Waals surface area contributed by atoms with Crippen LogP contribution in [0, 0.1) is 0 Å². The highest BCUT2D eigenvalue weighted by molar-refractivity contribution is 5.86. The summed E-state index contributed by atoms with van der Waals surface area (Å²) in [5.41, 5.74) is 0. The topological polar surface area (TPSA) is 58.2 Å². The fraction of sp³-hybridized carbons (Fsp3) is 0.636. The van der Waals surface area contributed by atoms with Gasteiger partial charge in [0, 0.05) is 19.5 Å². The second-order valence-electron chi connectivity index (χ2n) is 3.30. The highest BCUT2D eigenvalue weighted by Gasteiger charge is 1.97. The Kier molecular flexibility index (Phi) is 8.43. The van der Waals surface area contributed by atoms with Crippen LogP contribution in [0.15, 0.2) is 12.7 Å². The summed E-state index contributed by atoms with van der Waals surface area (Å²) in [6, 6.07) is 0. The molecule has 0 spiro atoms. The van der Waals surface area contributed by atoms with E-state index in [1.807, 2.05) is 6.92 Å². The van der Waals surface area contributed by atoms with E-state index in [0.717, 1.165) is 19.3 Å². The molecule has 0 unspecified atom stereocenters. The summed E-state index contributed by atoms with van der Waals surface area (Å²) >= 11 is 0. The number of hydrogen-bond acceptors (Lipinski definition) is 2. The predicted octanol–water partition coefficient (Wildman–Crippen LogP) is 0.985. The van der Waals surface area contributed by atoms with Crippen LogP contribution >= 0.6 is 0 Å². The molecule has 0 saturated heterocycles. The molecule has 0 atom stereocenters. The van der Waals surface area contributed by atoms with Gasteiger partial charge in [-0.25, -0.2) is 0 Å². The number of carbonyl (C=O) groups is 2. The van der Waals surface area contributed by atoms with Gasteiger partial charge in [0.1, 0.15) is 0 Å². The van der Waals surface area contributed by atoms with E-state index in [-0.39, 0.29) is 11.8 Å². The highest BCUT2D eigenvalue weighted by atomic mass is 16.2. The van der Waals surface area contributed by atoms with Crippen LogP contribution < -0.4 is 10.6 Å². The van der Waals surface area contributed by atoms with Gasteiger partial charge < -0.3 is 10.6 Å². The lowest BCUT2D eigenvalue weighted by Crippen LogP contribution is -2.26. The van der Waals surface area contributed by atoms with Crippen LogP contribution in [0.3, 0.4) is 0 Å². The van der Waals surface area contributed by atoms with Gasteiger partial charge >= 0.3 is 0 Å². The standard InChI is InChI=1S/C11H20N2O2/c1-3-7-11(15)13-9-6-5-8-12-10(14)4-2/h4H,2-3,5-9H2,1H3,(H,12,14)(H,13,15). The first-order chi connectivity index (χ1) is 7.20. The average Bonchev–Trinajstić information content (AvgIpc) is 2.23. The quantitative estimate of drug-likeness (QED) is 0.465. The van der Waals surface area contributed by atoms with Crippen LogP contribution in [0.5, 0.6) is 0 Å². The van der Waals surface area contributed by atoms with Gasteiger partial charge in [0.2, 0.25) is 11.8 Å². The molecule has 2 N–H and O–H groups in total. The number of rotatable bonds is 8. The Balaban J connectivity index is 3.21. The summed E-state index contributed by atoms with van der Waals surface area (Å²) < 4.78 is 0. The van der Waals surface area contributed by atoms with Crippen molar-refractivity contribution < 1.29 is 9.59 Å². The van der Waals surface area contributed by atoms with E-state index in [1.54, 1.807) is 0 Å². The Hall–Kier alpha value is -1.32. The summed E-state index contributed by atoms with van der Waals surface area (Å²) in [5, 5.41) is 5.49. The van der Waals surface area contributed by atoms with Gasteiger partial charge in [-0.05, 0) is 25.3 Å². The molecule has 2 amide bonds. The van der Waals surface area contributed by atoms with Gasteiger partial charge in [-0.1, -0.05) is 13.5 Å². The maximum Gasteiger partial charge on any atom is 0.243 e. The zero-order chi connectivity index (χ0) is 11.5. The normalized spacial score (nSPS) is 9.40. The molecule has 4 heteroatoms. The van der Waals surface area contributed by atoms with Gasteiger partial charge in [-0.2, -0.15) is 0 Å². The summed E-state index contributed by atoms with van der Waals surface area (Å²) in [6.45, 7) is 6.64. The Bertz CT molecular complexity index is 215. The maximum atomic E-state index is 11.0. The van der Waals surface area contributed by atoms with Crippen molar-refractivity contribution in [3.05, 3.63) is 12.7 Å². The largest absolute Gasteiger partial charge is 0.356 e. The summed E-state index contributed by atoms with van der Waals surface area (Å²) in [5.74, 6) is -0.0438. The molecule has 0 aliphatic heterocycles. The van der Waals surface area contributed by atoms with Crippen molar-refractivity contribution in [2.24, 2.45) is 0 Å². The van der Waals surface area contributed by atoms with Gasteiger partial charge in [0.15, 0.2) is 0 Å². The van der Waals surface area contributed by atoms with Crippen LogP contribution in [0.25, 0.3) is 0 Å². The molecule has 0 fully saturated rings. The molecule has 0 bridgehead atoms. The first kappa shape index (κ1) is 13.7. The number of nitrogens with one attached hydrogen (secondary N) is 2. The molecule has 0 rings (SSSR count). The lowest BCUT2D eigenvalue weighted by molar-refractivity contribution is -0.121. The molecule has 4 nitrogen and oxygen atoms in total. The maximum absolute atomic E-state index is 11.0. The van der Waals surface area contributed by atoms with Crippen LogP contribution in [0.4, 0.5) is 0 Å². The minimum absolute atomic E-state index is 0.104. The molecular formula is C11H20N2O2. The van der Waals surface area contributed by atoms with Gasteiger partial charge in [-0.15, -0.1) is 0 Å². The number of unbranched alkanes of at least 4 members (excludes halogenated alkanes) is 1. The van der Waals surface area contributed by atoms with Gasteiger partial charge in [0.25, 0.3) is 0 Å². The van der Waals surface area contributed by atoms with E-state index in [4.69, 9.17) is 0 Å². The molecule has 0 saturated carbocycles. The third-order valence-corrected chi connectivity index (χ3v) is 1.89. The lowest BCUT2D eigenvalue weighted by atomic mass is 10.3. The number of hydrogen-bond donors (Lipinski definition) is 2. The van der Waals surface area contributed by atoms with E-state index in [9.17, 15) is 9.59 Å². The van der Waals surface area contributed by atoms with Crippen LogP contribution in [0.1, 0.15) is 32.6 Å². The predicted molar refractivity (Wildman–Crippen MR) is 60.4 cm³/mol. The molecule has 86 valence electrons.